The minimum absolute atomic E-state index is 0.525. The van der Waals surface area contributed by atoms with Crippen LogP contribution >= 0.6 is 11.6 Å². The second-order valence-corrected chi connectivity index (χ2v) is 5.14. The lowest BCUT2D eigenvalue weighted by molar-refractivity contribution is 1.07. The number of halogens is 1. The molecule has 0 saturated heterocycles. The Balaban J connectivity index is 2.60. The smallest absolute Gasteiger partial charge is 0.132 e. The number of hydrogen-bond acceptors (Lipinski definition) is 2. The number of anilines is 1. The van der Waals surface area contributed by atoms with Crippen LogP contribution in [0.1, 0.15) is 11.1 Å². The van der Waals surface area contributed by atoms with Crippen molar-refractivity contribution in [1.29, 1.82) is 0 Å². The highest BCUT2D eigenvalue weighted by Crippen LogP contribution is 2.29. The van der Waals surface area contributed by atoms with Gasteiger partial charge in [0.25, 0.3) is 0 Å². The van der Waals surface area contributed by atoms with Crippen LogP contribution in [0.25, 0.3) is 11.1 Å². The van der Waals surface area contributed by atoms with E-state index in [4.69, 9.17) is 11.6 Å². The Labute approximate surface area is 113 Å². The van der Waals surface area contributed by atoms with Gasteiger partial charge in [0, 0.05) is 14.1 Å². The Kier molecular flexibility index (Phi) is 3.58. The summed E-state index contributed by atoms with van der Waals surface area (Å²) in [7, 11) is 3.93. The van der Waals surface area contributed by atoms with Crippen molar-refractivity contribution in [1.82, 2.24) is 4.98 Å². The van der Waals surface area contributed by atoms with Crippen molar-refractivity contribution in [2.75, 3.05) is 19.0 Å². The topological polar surface area (TPSA) is 16.1 Å². The monoisotopic (exact) mass is 260 g/mol. The van der Waals surface area contributed by atoms with Gasteiger partial charge in [-0.05, 0) is 42.7 Å². The normalized spacial score (nSPS) is 10.5. The fraction of sp³-hybridized carbons (Fsp3) is 0.267. The summed E-state index contributed by atoms with van der Waals surface area (Å²) in [6.07, 6.45) is 0. The second kappa shape index (κ2) is 4.99. The molecule has 0 aliphatic heterocycles. The highest BCUT2D eigenvalue weighted by atomic mass is 35.5. The zero-order valence-corrected chi connectivity index (χ0v) is 11.9. The van der Waals surface area contributed by atoms with Gasteiger partial charge in [-0.2, -0.15) is 0 Å². The number of pyridine rings is 1. The first-order valence-electron chi connectivity index (χ1n) is 5.90. The van der Waals surface area contributed by atoms with Crippen LogP contribution < -0.4 is 4.90 Å². The van der Waals surface area contributed by atoms with Crippen LogP contribution in [0.4, 0.5) is 5.82 Å². The fourth-order valence-corrected chi connectivity index (χ4v) is 2.12. The standard InChI is InChI=1S/C15H17ClN2/c1-10-5-6-11(2)13(7-10)12-8-14(16)17-15(9-12)18(3)4/h5-9H,1-4H3. The largest absolute Gasteiger partial charge is 0.363 e. The fourth-order valence-electron chi connectivity index (χ4n) is 1.91. The van der Waals surface area contributed by atoms with Crippen LogP contribution in [0.5, 0.6) is 0 Å². The summed E-state index contributed by atoms with van der Waals surface area (Å²) in [6, 6.07) is 10.4. The minimum Gasteiger partial charge on any atom is -0.363 e. The van der Waals surface area contributed by atoms with Crippen molar-refractivity contribution >= 4 is 17.4 Å². The van der Waals surface area contributed by atoms with E-state index in [2.05, 4.69) is 43.1 Å². The van der Waals surface area contributed by atoms with Crippen LogP contribution in [0.2, 0.25) is 5.15 Å². The second-order valence-electron chi connectivity index (χ2n) is 4.75. The molecule has 0 radical (unpaired) electrons. The van der Waals surface area contributed by atoms with E-state index in [9.17, 15) is 0 Å². The summed E-state index contributed by atoms with van der Waals surface area (Å²) < 4.78 is 0. The molecule has 18 heavy (non-hydrogen) atoms. The highest BCUT2D eigenvalue weighted by molar-refractivity contribution is 6.29. The number of rotatable bonds is 2. The van der Waals surface area contributed by atoms with Crippen LogP contribution in [-0.2, 0) is 0 Å². The van der Waals surface area contributed by atoms with Gasteiger partial charge in [0.1, 0.15) is 11.0 Å². The average molecular weight is 261 g/mol. The predicted molar refractivity (Wildman–Crippen MR) is 78.5 cm³/mol. The highest BCUT2D eigenvalue weighted by Gasteiger charge is 2.07. The van der Waals surface area contributed by atoms with Gasteiger partial charge in [-0.25, -0.2) is 4.98 Å². The van der Waals surface area contributed by atoms with Crippen LogP contribution in [-0.4, -0.2) is 19.1 Å². The summed E-state index contributed by atoms with van der Waals surface area (Å²) in [5.74, 6) is 0.874. The van der Waals surface area contributed by atoms with Gasteiger partial charge in [-0.1, -0.05) is 35.4 Å². The Hall–Kier alpha value is -1.54. The first-order chi connectivity index (χ1) is 8.47. The molecule has 0 aliphatic carbocycles. The molecule has 0 amide bonds. The van der Waals surface area contributed by atoms with Gasteiger partial charge in [0.15, 0.2) is 0 Å². The number of benzene rings is 1. The van der Waals surface area contributed by atoms with Crippen molar-refractivity contribution in [3.63, 3.8) is 0 Å². The van der Waals surface area contributed by atoms with E-state index in [0.717, 1.165) is 11.4 Å². The lowest BCUT2D eigenvalue weighted by atomic mass is 9.99. The quantitative estimate of drug-likeness (QED) is 0.757. The maximum atomic E-state index is 6.10. The molecule has 1 heterocycles. The average Bonchev–Trinajstić information content (AvgIpc) is 2.31. The molecule has 0 atom stereocenters. The van der Waals surface area contributed by atoms with Gasteiger partial charge in [0.2, 0.25) is 0 Å². The molecule has 1 aromatic heterocycles. The third-order valence-electron chi connectivity index (χ3n) is 2.94. The van der Waals surface area contributed by atoms with E-state index in [1.807, 2.05) is 25.1 Å². The SMILES string of the molecule is Cc1ccc(C)c(-c2cc(Cl)nc(N(C)C)c2)c1. The molecular weight excluding hydrogens is 244 g/mol. The molecule has 0 bridgehead atoms. The molecule has 0 N–H and O–H groups in total. The van der Waals surface area contributed by atoms with E-state index >= 15 is 0 Å². The maximum absolute atomic E-state index is 6.10. The Bertz CT molecular complexity index is 577. The Morgan fingerprint density at radius 3 is 2.44 bits per heavy atom. The first kappa shape index (κ1) is 12.9. The molecule has 2 nitrogen and oxygen atoms in total. The molecule has 0 fully saturated rings. The molecule has 2 aromatic rings. The van der Waals surface area contributed by atoms with E-state index in [-0.39, 0.29) is 0 Å². The summed E-state index contributed by atoms with van der Waals surface area (Å²) >= 11 is 6.10. The molecule has 1 aromatic carbocycles. The molecule has 0 aliphatic rings. The molecule has 0 unspecified atom stereocenters. The summed E-state index contributed by atoms with van der Waals surface area (Å²) in [5.41, 5.74) is 4.81. The molecule has 0 saturated carbocycles. The van der Waals surface area contributed by atoms with Crippen LogP contribution in [0, 0.1) is 13.8 Å². The minimum atomic E-state index is 0.525. The van der Waals surface area contributed by atoms with Gasteiger partial charge < -0.3 is 4.90 Å². The summed E-state index contributed by atoms with van der Waals surface area (Å²) in [4.78, 5) is 6.26. The zero-order chi connectivity index (χ0) is 13.3. The Morgan fingerprint density at radius 1 is 1.06 bits per heavy atom. The third-order valence-corrected chi connectivity index (χ3v) is 3.14. The van der Waals surface area contributed by atoms with Crippen molar-refractivity contribution in [2.24, 2.45) is 0 Å². The lowest BCUT2D eigenvalue weighted by Crippen LogP contribution is -2.10. The zero-order valence-electron chi connectivity index (χ0n) is 11.2. The van der Waals surface area contributed by atoms with E-state index in [1.54, 1.807) is 0 Å². The third kappa shape index (κ3) is 2.65. The van der Waals surface area contributed by atoms with Gasteiger partial charge >= 0.3 is 0 Å². The maximum Gasteiger partial charge on any atom is 0.132 e. The first-order valence-corrected chi connectivity index (χ1v) is 6.27. The van der Waals surface area contributed by atoms with Crippen molar-refractivity contribution in [3.05, 3.63) is 46.6 Å². The number of aryl methyl sites for hydroxylation is 2. The number of nitrogens with zero attached hydrogens (tertiary/aromatic N) is 2. The number of hydrogen-bond donors (Lipinski definition) is 0. The Morgan fingerprint density at radius 2 is 1.78 bits per heavy atom. The number of aromatic nitrogens is 1. The molecule has 94 valence electrons. The molecule has 3 heteroatoms. The van der Waals surface area contributed by atoms with Gasteiger partial charge in [0.05, 0.1) is 0 Å². The van der Waals surface area contributed by atoms with Crippen molar-refractivity contribution in [2.45, 2.75) is 13.8 Å². The predicted octanol–water partition coefficient (Wildman–Crippen LogP) is 4.08. The van der Waals surface area contributed by atoms with Gasteiger partial charge in [-0.15, -0.1) is 0 Å². The van der Waals surface area contributed by atoms with Crippen molar-refractivity contribution in [3.8, 4) is 11.1 Å². The van der Waals surface area contributed by atoms with Crippen molar-refractivity contribution < 1.29 is 0 Å². The van der Waals surface area contributed by atoms with E-state index in [0.29, 0.717) is 5.15 Å². The molecule has 2 rings (SSSR count). The van der Waals surface area contributed by atoms with E-state index in [1.165, 1.54) is 16.7 Å². The van der Waals surface area contributed by atoms with E-state index < -0.39 is 0 Å². The lowest BCUT2D eigenvalue weighted by Gasteiger charge is -2.14. The molecule has 0 spiro atoms. The van der Waals surface area contributed by atoms with Crippen LogP contribution in [0.3, 0.4) is 0 Å². The van der Waals surface area contributed by atoms with Crippen LogP contribution in [0.15, 0.2) is 30.3 Å². The van der Waals surface area contributed by atoms with Gasteiger partial charge in [-0.3, -0.25) is 0 Å². The summed E-state index contributed by atoms with van der Waals surface area (Å²) in [6.45, 7) is 4.21. The summed E-state index contributed by atoms with van der Waals surface area (Å²) in [5, 5.41) is 0.525. The molecular formula is C15H17ClN2.